The van der Waals surface area contributed by atoms with Crippen LogP contribution in [0.15, 0.2) is 54.6 Å². The average molecular weight is 339 g/mol. The number of benzene rings is 2. The molecule has 1 fully saturated rings. The van der Waals surface area contributed by atoms with Gasteiger partial charge in [-0.1, -0.05) is 42.5 Å². The highest BCUT2D eigenvalue weighted by atomic mass is 16.5. The van der Waals surface area contributed by atoms with E-state index in [0.717, 1.165) is 16.9 Å². The second-order valence-corrected chi connectivity index (χ2v) is 5.97. The third kappa shape index (κ3) is 3.36. The molecule has 130 valence electrons. The van der Waals surface area contributed by atoms with Gasteiger partial charge in [0.2, 0.25) is 5.91 Å². The van der Waals surface area contributed by atoms with E-state index in [9.17, 15) is 9.59 Å². The zero-order valence-electron chi connectivity index (χ0n) is 14.3. The fraction of sp³-hybridized carbons (Fsp3) is 0.300. The van der Waals surface area contributed by atoms with Crippen LogP contribution in [0.4, 0.5) is 0 Å². The Morgan fingerprint density at radius 1 is 1.04 bits per heavy atom. The number of hydrogen-bond acceptors (Lipinski definition) is 4. The van der Waals surface area contributed by atoms with Crippen molar-refractivity contribution in [2.45, 2.75) is 24.9 Å². The van der Waals surface area contributed by atoms with Crippen molar-refractivity contribution in [2.24, 2.45) is 0 Å². The van der Waals surface area contributed by atoms with Crippen molar-refractivity contribution in [3.8, 4) is 5.75 Å². The minimum atomic E-state index is -0.565. The third-order valence-electron chi connectivity index (χ3n) is 4.55. The van der Waals surface area contributed by atoms with Gasteiger partial charge in [0.05, 0.1) is 20.3 Å². The summed E-state index contributed by atoms with van der Waals surface area (Å²) in [4.78, 5) is 26.5. The molecule has 1 aliphatic rings. The van der Waals surface area contributed by atoms with Crippen molar-refractivity contribution in [1.82, 2.24) is 4.90 Å². The molecule has 3 rings (SSSR count). The Morgan fingerprint density at radius 2 is 1.68 bits per heavy atom. The molecule has 1 amide bonds. The predicted octanol–water partition coefficient (Wildman–Crippen LogP) is 2.95. The highest BCUT2D eigenvalue weighted by molar-refractivity contribution is 5.89. The van der Waals surface area contributed by atoms with Crippen LogP contribution >= 0.6 is 0 Å². The van der Waals surface area contributed by atoms with E-state index in [1.807, 2.05) is 54.6 Å². The molecular weight excluding hydrogens is 318 g/mol. The van der Waals surface area contributed by atoms with Crippen molar-refractivity contribution >= 4 is 11.9 Å². The second kappa shape index (κ2) is 7.38. The zero-order valence-corrected chi connectivity index (χ0v) is 14.3. The number of esters is 1. The van der Waals surface area contributed by atoms with E-state index in [0.29, 0.717) is 12.8 Å². The first-order chi connectivity index (χ1) is 12.2. The van der Waals surface area contributed by atoms with Gasteiger partial charge in [-0.3, -0.25) is 4.79 Å². The van der Waals surface area contributed by atoms with Gasteiger partial charge in [-0.2, -0.15) is 0 Å². The molecule has 25 heavy (non-hydrogen) atoms. The normalized spacial score (nSPS) is 18.1. The van der Waals surface area contributed by atoms with Gasteiger partial charge >= 0.3 is 5.97 Å². The molecule has 0 radical (unpaired) electrons. The van der Waals surface area contributed by atoms with E-state index < -0.39 is 6.04 Å². The monoisotopic (exact) mass is 339 g/mol. The van der Waals surface area contributed by atoms with Crippen LogP contribution in [0.3, 0.4) is 0 Å². The van der Waals surface area contributed by atoms with Crippen LogP contribution in [-0.2, 0) is 14.3 Å². The number of carbonyl (C=O) groups is 2. The molecule has 2 aromatic rings. The van der Waals surface area contributed by atoms with Crippen molar-refractivity contribution in [2.75, 3.05) is 14.2 Å². The Hall–Kier alpha value is -2.82. The summed E-state index contributed by atoms with van der Waals surface area (Å²) in [5, 5.41) is 0. The number of nitrogens with zero attached hydrogens (tertiary/aromatic N) is 1. The summed E-state index contributed by atoms with van der Waals surface area (Å²) in [5.74, 6) is 0.327. The number of hydrogen-bond donors (Lipinski definition) is 0. The van der Waals surface area contributed by atoms with E-state index in [-0.39, 0.29) is 17.9 Å². The van der Waals surface area contributed by atoms with Gasteiger partial charge in [0.25, 0.3) is 0 Å². The minimum Gasteiger partial charge on any atom is -0.497 e. The molecule has 5 heteroatoms. The van der Waals surface area contributed by atoms with Crippen LogP contribution < -0.4 is 4.74 Å². The smallest absolute Gasteiger partial charge is 0.328 e. The lowest BCUT2D eigenvalue weighted by molar-refractivity contribution is -0.150. The van der Waals surface area contributed by atoms with Crippen LogP contribution in [0.2, 0.25) is 0 Å². The maximum atomic E-state index is 12.6. The summed E-state index contributed by atoms with van der Waals surface area (Å²) in [6.45, 7) is 0. The molecule has 0 aliphatic carbocycles. The van der Waals surface area contributed by atoms with Crippen LogP contribution in [0.1, 0.15) is 30.0 Å². The van der Waals surface area contributed by atoms with Gasteiger partial charge in [0.15, 0.2) is 0 Å². The summed E-state index contributed by atoms with van der Waals surface area (Å²) in [6, 6.07) is 16.4. The van der Waals surface area contributed by atoms with E-state index in [1.54, 1.807) is 12.0 Å². The molecule has 2 atom stereocenters. The molecule has 2 aromatic carbocycles. The lowest BCUT2D eigenvalue weighted by atomic mass is 9.96. The zero-order chi connectivity index (χ0) is 17.8. The van der Waals surface area contributed by atoms with Crippen LogP contribution in [0.25, 0.3) is 0 Å². The first kappa shape index (κ1) is 17.0. The summed E-state index contributed by atoms with van der Waals surface area (Å²) >= 11 is 0. The maximum Gasteiger partial charge on any atom is 0.328 e. The van der Waals surface area contributed by atoms with Crippen LogP contribution in [0, 0.1) is 0 Å². The first-order valence-electron chi connectivity index (χ1n) is 8.23. The second-order valence-electron chi connectivity index (χ2n) is 5.97. The standard InChI is InChI=1S/C20H21NO4/c1-24-16-10-8-15(9-11-16)19(14-6-4-3-5-7-14)21-17(20(23)25-2)12-13-18(21)22/h3-11,17,19H,12-13H2,1-2H3/t17-,19?/m1/s1. The van der Waals surface area contributed by atoms with E-state index in [2.05, 4.69) is 0 Å². The number of likely N-dealkylation sites (tertiary alicyclic amines) is 1. The van der Waals surface area contributed by atoms with Crippen molar-refractivity contribution < 1.29 is 19.1 Å². The van der Waals surface area contributed by atoms with Crippen molar-refractivity contribution in [3.63, 3.8) is 0 Å². The van der Waals surface area contributed by atoms with E-state index in [4.69, 9.17) is 9.47 Å². The van der Waals surface area contributed by atoms with Crippen molar-refractivity contribution in [3.05, 3.63) is 65.7 Å². The third-order valence-corrected chi connectivity index (χ3v) is 4.55. The summed E-state index contributed by atoms with van der Waals surface area (Å²) in [6.07, 6.45) is 0.824. The number of methoxy groups -OCH3 is 2. The molecule has 1 saturated heterocycles. The summed E-state index contributed by atoms with van der Waals surface area (Å²) < 4.78 is 10.1. The van der Waals surface area contributed by atoms with Crippen molar-refractivity contribution in [1.29, 1.82) is 0 Å². The Morgan fingerprint density at radius 3 is 2.28 bits per heavy atom. The molecular formula is C20H21NO4. The highest BCUT2D eigenvalue weighted by Gasteiger charge is 2.42. The Bertz CT molecular complexity index is 742. The molecule has 1 aliphatic heterocycles. The van der Waals surface area contributed by atoms with Crippen LogP contribution in [-0.4, -0.2) is 37.0 Å². The first-order valence-corrected chi connectivity index (χ1v) is 8.23. The highest BCUT2D eigenvalue weighted by Crippen LogP contribution is 2.36. The largest absolute Gasteiger partial charge is 0.497 e. The predicted molar refractivity (Wildman–Crippen MR) is 93.2 cm³/mol. The van der Waals surface area contributed by atoms with Gasteiger partial charge < -0.3 is 14.4 Å². The van der Waals surface area contributed by atoms with E-state index >= 15 is 0 Å². The lowest BCUT2D eigenvalue weighted by Gasteiger charge is -2.33. The summed E-state index contributed by atoms with van der Waals surface area (Å²) in [5.41, 5.74) is 1.88. The molecule has 0 aromatic heterocycles. The number of carbonyl (C=O) groups excluding carboxylic acids is 2. The number of rotatable bonds is 5. The molecule has 0 N–H and O–H groups in total. The minimum absolute atomic E-state index is 0.0416. The maximum absolute atomic E-state index is 12.6. The fourth-order valence-corrected chi connectivity index (χ4v) is 3.33. The quantitative estimate of drug-likeness (QED) is 0.786. The van der Waals surface area contributed by atoms with Gasteiger partial charge in [0.1, 0.15) is 11.8 Å². The summed E-state index contributed by atoms with van der Waals surface area (Å²) in [7, 11) is 2.97. The molecule has 0 bridgehead atoms. The lowest BCUT2D eigenvalue weighted by Crippen LogP contribution is -2.42. The van der Waals surface area contributed by atoms with E-state index in [1.165, 1.54) is 7.11 Å². The Kier molecular flexibility index (Phi) is 5.03. The SMILES string of the molecule is COC(=O)[C@H]1CCC(=O)N1C(c1ccccc1)c1ccc(OC)cc1. The van der Waals surface area contributed by atoms with Crippen LogP contribution in [0.5, 0.6) is 5.75 Å². The molecule has 1 unspecified atom stereocenters. The van der Waals surface area contributed by atoms with Gasteiger partial charge in [-0.15, -0.1) is 0 Å². The Balaban J connectivity index is 2.06. The number of amides is 1. The molecule has 0 spiro atoms. The average Bonchev–Trinajstić information content (AvgIpc) is 3.04. The van der Waals surface area contributed by atoms with Gasteiger partial charge in [-0.25, -0.2) is 4.79 Å². The molecule has 1 heterocycles. The number of ether oxygens (including phenoxy) is 2. The fourth-order valence-electron chi connectivity index (χ4n) is 3.33. The molecule has 5 nitrogen and oxygen atoms in total. The molecule has 0 saturated carbocycles. The Labute approximate surface area is 147 Å². The van der Waals surface area contributed by atoms with Gasteiger partial charge in [-0.05, 0) is 29.7 Å². The van der Waals surface area contributed by atoms with Gasteiger partial charge in [0, 0.05) is 6.42 Å². The topological polar surface area (TPSA) is 55.8 Å².